The molecule has 27 heavy (non-hydrogen) atoms. The Morgan fingerprint density at radius 1 is 1.04 bits per heavy atom. The Bertz CT molecular complexity index is 652. The number of fused-ring (bicyclic) bond motifs is 1. The van der Waals surface area contributed by atoms with Gasteiger partial charge >= 0.3 is 5.97 Å². The highest BCUT2D eigenvalue weighted by Gasteiger charge is 2.39. The van der Waals surface area contributed by atoms with Crippen LogP contribution in [0.3, 0.4) is 0 Å². The first-order valence-corrected chi connectivity index (χ1v) is 10.1. The van der Waals surface area contributed by atoms with E-state index in [1.165, 1.54) is 5.56 Å². The topological polar surface area (TPSA) is 66.8 Å². The summed E-state index contributed by atoms with van der Waals surface area (Å²) in [5.41, 5.74) is 1.21. The summed E-state index contributed by atoms with van der Waals surface area (Å²) in [4.78, 5) is 12.2. The van der Waals surface area contributed by atoms with Crippen molar-refractivity contribution < 1.29 is 19.7 Å². The molecule has 1 aliphatic carbocycles. The number of hydrogen-bond donors (Lipinski definition) is 2. The van der Waals surface area contributed by atoms with E-state index < -0.39 is 12.2 Å². The van der Waals surface area contributed by atoms with Crippen LogP contribution in [0.15, 0.2) is 54.6 Å². The van der Waals surface area contributed by atoms with Gasteiger partial charge in [-0.3, -0.25) is 4.79 Å². The van der Waals surface area contributed by atoms with Crippen LogP contribution in [0.4, 0.5) is 0 Å². The summed E-state index contributed by atoms with van der Waals surface area (Å²) in [5, 5.41) is 20.7. The van der Waals surface area contributed by atoms with Crippen LogP contribution in [0.5, 0.6) is 0 Å². The Morgan fingerprint density at radius 3 is 2.67 bits per heavy atom. The fraction of sp³-hybridized carbons (Fsp3) is 0.522. The Balaban J connectivity index is 1.73. The number of aryl methyl sites for hydroxylation is 1. The van der Waals surface area contributed by atoms with Crippen molar-refractivity contribution in [3.05, 3.63) is 60.2 Å². The monoisotopic (exact) mass is 370 g/mol. The third-order valence-corrected chi connectivity index (χ3v) is 5.63. The van der Waals surface area contributed by atoms with Gasteiger partial charge in [0.1, 0.15) is 6.10 Å². The SMILES string of the molecule is O=C1CCC/C=C\CC2C(O)CC(O)C2/C=C\C(CCc2ccccc2)O1. The molecule has 4 nitrogen and oxygen atoms in total. The van der Waals surface area contributed by atoms with E-state index in [4.69, 9.17) is 4.74 Å². The van der Waals surface area contributed by atoms with Crippen LogP contribution in [0.1, 0.15) is 44.1 Å². The maximum absolute atomic E-state index is 12.2. The molecule has 0 aromatic heterocycles. The minimum absolute atomic E-state index is 0.0127. The first kappa shape index (κ1) is 19.8. The van der Waals surface area contributed by atoms with Gasteiger partial charge in [0.2, 0.25) is 0 Å². The third-order valence-electron chi connectivity index (χ3n) is 5.63. The fourth-order valence-corrected chi connectivity index (χ4v) is 4.07. The van der Waals surface area contributed by atoms with Gasteiger partial charge in [-0.2, -0.15) is 0 Å². The lowest BCUT2D eigenvalue weighted by atomic mass is 9.89. The number of esters is 1. The van der Waals surface area contributed by atoms with Gasteiger partial charge in [-0.25, -0.2) is 0 Å². The second kappa shape index (κ2) is 9.86. The minimum atomic E-state index is -0.551. The van der Waals surface area contributed by atoms with E-state index >= 15 is 0 Å². The molecule has 146 valence electrons. The zero-order valence-corrected chi connectivity index (χ0v) is 15.7. The highest BCUT2D eigenvalue weighted by Crippen LogP contribution is 2.36. The summed E-state index contributed by atoms with van der Waals surface area (Å²) in [6, 6.07) is 10.2. The Kier molecular flexibility index (Phi) is 7.25. The van der Waals surface area contributed by atoms with E-state index in [-0.39, 0.29) is 23.9 Å². The van der Waals surface area contributed by atoms with Crippen LogP contribution < -0.4 is 0 Å². The van der Waals surface area contributed by atoms with Crippen molar-refractivity contribution in [2.24, 2.45) is 11.8 Å². The molecule has 0 saturated heterocycles. The van der Waals surface area contributed by atoms with Crippen molar-refractivity contribution in [2.45, 2.75) is 63.3 Å². The van der Waals surface area contributed by atoms with E-state index in [2.05, 4.69) is 24.3 Å². The zero-order chi connectivity index (χ0) is 19.1. The Hall–Kier alpha value is -1.91. The summed E-state index contributed by atoms with van der Waals surface area (Å²) >= 11 is 0. The molecule has 1 fully saturated rings. The van der Waals surface area contributed by atoms with Crippen LogP contribution in [0.25, 0.3) is 0 Å². The molecule has 5 unspecified atom stereocenters. The molecule has 1 aromatic carbocycles. The van der Waals surface area contributed by atoms with Gasteiger partial charge < -0.3 is 14.9 Å². The quantitative estimate of drug-likeness (QED) is 0.630. The zero-order valence-electron chi connectivity index (χ0n) is 15.7. The number of carbonyl (C=O) groups excluding carboxylic acids is 1. The number of cyclic esters (lactones) is 1. The maximum Gasteiger partial charge on any atom is 0.306 e. The van der Waals surface area contributed by atoms with Crippen LogP contribution in [-0.4, -0.2) is 34.5 Å². The van der Waals surface area contributed by atoms with E-state index in [1.54, 1.807) is 0 Å². The van der Waals surface area contributed by atoms with Crippen molar-refractivity contribution in [3.8, 4) is 0 Å². The predicted molar refractivity (Wildman–Crippen MR) is 105 cm³/mol. The van der Waals surface area contributed by atoms with E-state index in [0.29, 0.717) is 19.3 Å². The van der Waals surface area contributed by atoms with Crippen LogP contribution in [0, 0.1) is 11.8 Å². The van der Waals surface area contributed by atoms with Crippen molar-refractivity contribution in [1.29, 1.82) is 0 Å². The molecule has 1 heterocycles. The van der Waals surface area contributed by atoms with Crippen molar-refractivity contribution in [3.63, 3.8) is 0 Å². The lowest BCUT2D eigenvalue weighted by Gasteiger charge is -2.20. The molecule has 5 atom stereocenters. The van der Waals surface area contributed by atoms with Gasteiger partial charge in [0, 0.05) is 18.8 Å². The van der Waals surface area contributed by atoms with E-state index in [9.17, 15) is 15.0 Å². The summed E-state index contributed by atoms with van der Waals surface area (Å²) in [6.07, 6.45) is 11.4. The summed E-state index contributed by atoms with van der Waals surface area (Å²) in [5.74, 6) is -0.268. The van der Waals surface area contributed by atoms with E-state index in [0.717, 1.165) is 25.7 Å². The molecule has 1 saturated carbocycles. The van der Waals surface area contributed by atoms with Gasteiger partial charge in [0.15, 0.2) is 0 Å². The number of benzene rings is 1. The van der Waals surface area contributed by atoms with Gasteiger partial charge in [-0.15, -0.1) is 0 Å². The minimum Gasteiger partial charge on any atom is -0.458 e. The van der Waals surface area contributed by atoms with Crippen LogP contribution >= 0.6 is 0 Å². The smallest absolute Gasteiger partial charge is 0.306 e. The Labute approximate surface area is 161 Å². The van der Waals surface area contributed by atoms with Gasteiger partial charge in [-0.1, -0.05) is 48.6 Å². The molecule has 2 aliphatic rings. The van der Waals surface area contributed by atoms with Gasteiger partial charge in [0.05, 0.1) is 12.2 Å². The molecule has 0 amide bonds. The van der Waals surface area contributed by atoms with Gasteiger partial charge in [-0.05, 0) is 49.7 Å². The first-order chi connectivity index (χ1) is 13.1. The van der Waals surface area contributed by atoms with E-state index in [1.807, 2.05) is 30.4 Å². The number of ether oxygens (including phenoxy) is 1. The second-order valence-electron chi connectivity index (χ2n) is 7.65. The van der Waals surface area contributed by atoms with Crippen molar-refractivity contribution >= 4 is 5.97 Å². The average Bonchev–Trinajstić information content (AvgIpc) is 2.94. The number of allylic oxidation sites excluding steroid dienone is 2. The summed E-state index contributed by atoms with van der Waals surface area (Å²) < 4.78 is 5.70. The largest absolute Gasteiger partial charge is 0.458 e. The second-order valence-corrected chi connectivity index (χ2v) is 7.65. The maximum atomic E-state index is 12.2. The molecule has 2 N–H and O–H groups in total. The number of aliphatic hydroxyl groups is 2. The first-order valence-electron chi connectivity index (χ1n) is 10.1. The Morgan fingerprint density at radius 2 is 1.85 bits per heavy atom. The summed E-state index contributed by atoms with van der Waals surface area (Å²) in [7, 11) is 0. The standard InChI is InChI=1S/C23H30O4/c24-21-16-22(25)20-15-14-18(13-12-17-8-4-3-5-9-17)27-23(26)11-7-2-1-6-10-19(20)21/h1,3-6,8-9,14-15,18-22,24-25H,2,7,10-13,16H2/b6-1-,15-14-. The molecular weight excluding hydrogens is 340 g/mol. The third kappa shape index (κ3) is 5.78. The van der Waals surface area contributed by atoms with Crippen LogP contribution in [-0.2, 0) is 16.0 Å². The number of carbonyl (C=O) groups is 1. The number of aliphatic hydroxyl groups excluding tert-OH is 2. The molecule has 1 aliphatic heterocycles. The molecule has 1 aromatic rings. The van der Waals surface area contributed by atoms with Gasteiger partial charge in [0.25, 0.3) is 0 Å². The molecule has 0 bridgehead atoms. The van der Waals surface area contributed by atoms with Crippen LogP contribution in [0.2, 0.25) is 0 Å². The molecule has 0 radical (unpaired) electrons. The number of rotatable bonds is 3. The molecular formula is C23H30O4. The highest BCUT2D eigenvalue weighted by molar-refractivity contribution is 5.69. The van der Waals surface area contributed by atoms with Crippen molar-refractivity contribution in [1.82, 2.24) is 0 Å². The molecule has 3 rings (SSSR count). The summed E-state index contributed by atoms with van der Waals surface area (Å²) in [6.45, 7) is 0. The number of hydrogen-bond acceptors (Lipinski definition) is 4. The lowest BCUT2D eigenvalue weighted by molar-refractivity contribution is -0.147. The predicted octanol–water partition coefficient (Wildman–Crippen LogP) is 3.58. The average molecular weight is 370 g/mol. The lowest BCUT2D eigenvalue weighted by Crippen LogP contribution is -2.21. The molecule has 4 heteroatoms. The fourth-order valence-electron chi connectivity index (χ4n) is 4.07. The molecule has 0 spiro atoms. The van der Waals surface area contributed by atoms with Crippen molar-refractivity contribution in [2.75, 3.05) is 0 Å². The normalized spacial score (nSPS) is 34.4. The highest BCUT2D eigenvalue weighted by atomic mass is 16.5.